The van der Waals surface area contributed by atoms with Gasteiger partial charge in [0, 0.05) is 25.6 Å². The Morgan fingerprint density at radius 3 is 2.61 bits per heavy atom. The van der Waals surface area contributed by atoms with Gasteiger partial charge in [0.25, 0.3) is 0 Å². The second-order valence-electron chi connectivity index (χ2n) is 7.71. The van der Waals surface area contributed by atoms with Crippen LogP contribution in [0.5, 0.6) is 0 Å². The molecule has 2 fully saturated rings. The smallest absolute Gasteiger partial charge is 0.223 e. The molecule has 2 aliphatic rings. The first-order chi connectivity index (χ1) is 13.8. The third-order valence-electron chi connectivity index (χ3n) is 5.76. The predicted octanol–water partition coefficient (Wildman–Crippen LogP) is 3.02. The van der Waals surface area contributed by atoms with Crippen LogP contribution >= 0.6 is 11.3 Å². The number of likely N-dealkylation sites (tertiary alicyclic amines) is 1. The van der Waals surface area contributed by atoms with Gasteiger partial charge in [-0.15, -0.1) is 21.5 Å². The van der Waals surface area contributed by atoms with E-state index in [1.54, 1.807) is 11.3 Å². The predicted molar refractivity (Wildman–Crippen MR) is 114 cm³/mol. The highest BCUT2D eigenvalue weighted by molar-refractivity contribution is 7.13. The number of thiophene rings is 1. The second-order valence-corrected chi connectivity index (χ2v) is 8.66. The summed E-state index contributed by atoms with van der Waals surface area (Å²) in [5.41, 5.74) is 0.918. The van der Waals surface area contributed by atoms with Crippen molar-refractivity contribution in [1.82, 2.24) is 20.4 Å². The molecule has 0 unspecified atom stereocenters. The van der Waals surface area contributed by atoms with Gasteiger partial charge < -0.3 is 15.1 Å². The molecule has 2 saturated heterocycles. The van der Waals surface area contributed by atoms with Crippen molar-refractivity contribution in [1.29, 1.82) is 0 Å². The molecule has 1 amide bonds. The summed E-state index contributed by atoms with van der Waals surface area (Å²) in [5, 5.41) is 14.0. The van der Waals surface area contributed by atoms with Crippen molar-refractivity contribution in [3.63, 3.8) is 0 Å². The van der Waals surface area contributed by atoms with Gasteiger partial charge in [-0.05, 0) is 75.3 Å². The van der Waals surface area contributed by atoms with Crippen LogP contribution in [-0.2, 0) is 4.79 Å². The molecular weight excluding hydrogens is 370 g/mol. The first-order valence-corrected chi connectivity index (χ1v) is 11.3. The van der Waals surface area contributed by atoms with Crippen LogP contribution in [0.3, 0.4) is 0 Å². The minimum absolute atomic E-state index is 0.126. The van der Waals surface area contributed by atoms with Crippen LogP contribution in [0.15, 0.2) is 29.6 Å². The zero-order chi connectivity index (χ0) is 19.2. The first-order valence-electron chi connectivity index (χ1n) is 10.4. The van der Waals surface area contributed by atoms with Crippen LogP contribution in [0.2, 0.25) is 0 Å². The van der Waals surface area contributed by atoms with E-state index < -0.39 is 0 Å². The Bertz CT molecular complexity index is 735. The van der Waals surface area contributed by atoms with Crippen LogP contribution in [0.4, 0.5) is 5.82 Å². The van der Waals surface area contributed by atoms with E-state index in [2.05, 4.69) is 31.4 Å². The molecule has 0 saturated carbocycles. The molecule has 0 spiro atoms. The molecule has 150 valence electrons. The number of carbonyl (C=O) groups excluding carboxylic acids is 1. The summed E-state index contributed by atoms with van der Waals surface area (Å²) in [6.07, 6.45) is 5.47. The van der Waals surface area contributed by atoms with Crippen LogP contribution in [0, 0.1) is 5.92 Å². The number of amides is 1. The van der Waals surface area contributed by atoms with Gasteiger partial charge in [0.05, 0.1) is 4.88 Å². The Morgan fingerprint density at radius 1 is 1.11 bits per heavy atom. The average molecular weight is 400 g/mol. The molecule has 7 heteroatoms. The van der Waals surface area contributed by atoms with Gasteiger partial charge in [0.2, 0.25) is 5.91 Å². The summed E-state index contributed by atoms with van der Waals surface area (Å²) in [7, 11) is 0. The van der Waals surface area contributed by atoms with Crippen molar-refractivity contribution < 1.29 is 4.79 Å². The molecular formula is C21H29N5OS. The SMILES string of the molecule is O=C(NCCCN1CCCC1)C1CCN(c2ccc(-c3cccs3)nn2)CC1. The van der Waals surface area contributed by atoms with E-state index in [0.717, 1.165) is 61.8 Å². The maximum absolute atomic E-state index is 12.4. The van der Waals surface area contributed by atoms with E-state index in [1.807, 2.05) is 23.6 Å². The summed E-state index contributed by atoms with van der Waals surface area (Å²) in [4.78, 5) is 18.3. The fourth-order valence-electron chi connectivity index (χ4n) is 4.09. The molecule has 0 bridgehead atoms. The van der Waals surface area contributed by atoms with Crippen LogP contribution in [-0.4, -0.2) is 60.3 Å². The van der Waals surface area contributed by atoms with Crippen LogP contribution in [0.25, 0.3) is 10.6 Å². The number of anilines is 1. The lowest BCUT2D eigenvalue weighted by Crippen LogP contribution is -2.41. The topological polar surface area (TPSA) is 61.4 Å². The van der Waals surface area contributed by atoms with Crippen molar-refractivity contribution in [3.05, 3.63) is 29.6 Å². The standard InChI is InChI=1S/C21H29N5OS/c27-21(22-10-4-13-25-11-1-2-12-25)17-8-14-26(15-9-17)20-7-6-18(23-24-20)19-5-3-16-28-19/h3,5-7,16-17H,1-2,4,8-15H2,(H,22,27). The summed E-state index contributed by atoms with van der Waals surface area (Å²) < 4.78 is 0. The summed E-state index contributed by atoms with van der Waals surface area (Å²) in [6.45, 7) is 6.08. The Hall–Kier alpha value is -1.99. The number of rotatable bonds is 7. The van der Waals surface area contributed by atoms with Gasteiger partial charge >= 0.3 is 0 Å². The van der Waals surface area contributed by atoms with E-state index in [0.29, 0.717) is 0 Å². The highest BCUT2D eigenvalue weighted by Crippen LogP contribution is 2.25. The Morgan fingerprint density at radius 2 is 1.93 bits per heavy atom. The number of hydrogen-bond donors (Lipinski definition) is 1. The number of piperidine rings is 1. The van der Waals surface area contributed by atoms with Gasteiger partial charge in [0.15, 0.2) is 5.82 Å². The maximum Gasteiger partial charge on any atom is 0.223 e. The molecule has 4 rings (SSSR count). The van der Waals surface area contributed by atoms with Gasteiger partial charge in [-0.3, -0.25) is 4.79 Å². The summed E-state index contributed by atoms with van der Waals surface area (Å²) in [6, 6.07) is 8.16. The molecule has 2 aromatic rings. The third-order valence-corrected chi connectivity index (χ3v) is 6.66. The normalized spacial score (nSPS) is 18.5. The lowest BCUT2D eigenvalue weighted by Gasteiger charge is -2.31. The fraction of sp³-hybridized carbons (Fsp3) is 0.571. The van der Waals surface area contributed by atoms with Crippen LogP contribution < -0.4 is 10.2 Å². The Kier molecular flexibility index (Phi) is 6.54. The monoisotopic (exact) mass is 399 g/mol. The number of aromatic nitrogens is 2. The molecule has 28 heavy (non-hydrogen) atoms. The molecule has 0 radical (unpaired) electrons. The number of nitrogens with one attached hydrogen (secondary N) is 1. The molecule has 0 aromatic carbocycles. The summed E-state index contributed by atoms with van der Waals surface area (Å²) >= 11 is 1.67. The lowest BCUT2D eigenvalue weighted by atomic mass is 9.96. The second kappa shape index (κ2) is 9.47. The molecule has 2 aliphatic heterocycles. The lowest BCUT2D eigenvalue weighted by molar-refractivity contribution is -0.125. The number of hydrogen-bond acceptors (Lipinski definition) is 6. The molecule has 6 nitrogen and oxygen atoms in total. The van der Waals surface area contributed by atoms with E-state index in [1.165, 1.54) is 25.9 Å². The van der Waals surface area contributed by atoms with E-state index >= 15 is 0 Å². The highest BCUT2D eigenvalue weighted by atomic mass is 32.1. The molecule has 0 atom stereocenters. The molecule has 4 heterocycles. The minimum atomic E-state index is 0.126. The van der Waals surface area contributed by atoms with Crippen molar-refractivity contribution >= 4 is 23.1 Å². The zero-order valence-electron chi connectivity index (χ0n) is 16.3. The van der Waals surface area contributed by atoms with Crippen molar-refractivity contribution in [2.75, 3.05) is 44.2 Å². The average Bonchev–Trinajstić information content (AvgIpc) is 3.45. The van der Waals surface area contributed by atoms with Crippen LogP contribution in [0.1, 0.15) is 32.1 Å². The van der Waals surface area contributed by atoms with Gasteiger partial charge in [0.1, 0.15) is 5.69 Å². The highest BCUT2D eigenvalue weighted by Gasteiger charge is 2.25. The van der Waals surface area contributed by atoms with E-state index in [4.69, 9.17) is 0 Å². The largest absolute Gasteiger partial charge is 0.356 e. The summed E-state index contributed by atoms with van der Waals surface area (Å²) in [5.74, 6) is 1.26. The quantitative estimate of drug-likeness (QED) is 0.725. The van der Waals surface area contributed by atoms with Crippen molar-refractivity contribution in [3.8, 4) is 10.6 Å². The molecule has 0 aliphatic carbocycles. The molecule has 1 N–H and O–H groups in total. The zero-order valence-corrected chi connectivity index (χ0v) is 17.2. The maximum atomic E-state index is 12.4. The third kappa shape index (κ3) is 4.89. The van der Waals surface area contributed by atoms with E-state index in [9.17, 15) is 4.79 Å². The van der Waals surface area contributed by atoms with Gasteiger partial charge in [-0.2, -0.15) is 0 Å². The molecule has 2 aromatic heterocycles. The fourth-order valence-corrected chi connectivity index (χ4v) is 4.78. The number of carbonyl (C=O) groups is 1. The number of nitrogens with zero attached hydrogens (tertiary/aromatic N) is 4. The van der Waals surface area contributed by atoms with E-state index in [-0.39, 0.29) is 11.8 Å². The Labute approximate surface area is 171 Å². The van der Waals surface area contributed by atoms with Gasteiger partial charge in [-0.1, -0.05) is 6.07 Å². The van der Waals surface area contributed by atoms with Gasteiger partial charge in [-0.25, -0.2) is 0 Å². The van der Waals surface area contributed by atoms with Crippen molar-refractivity contribution in [2.45, 2.75) is 32.1 Å². The van der Waals surface area contributed by atoms with Crippen molar-refractivity contribution in [2.24, 2.45) is 5.92 Å². The minimum Gasteiger partial charge on any atom is -0.356 e. The first kappa shape index (κ1) is 19.3. The Balaban J connectivity index is 1.19.